The summed E-state index contributed by atoms with van der Waals surface area (Å²) in [6.45, 7) is 5.70. The molecule has 1 spiro atoms. The van der Waals surface area contributed by atoms with Gasteiger partial charge in [-0.3, -0.25) is 0 Å². The van der Waals surface area contributed by atoms with Crippen LogP contribution in [0.15, 0.2) is 12.4 Å². The van der Waals surface area contributed by atoms with E-state index in [1.807, 2.05) is 13.8 Å². The monoisotopic (exact) mass is 323 g/mol. The molecular formula is C15H22FN5O2. The average Bonchev–Trinajstić information content (AvgIpc) is 3.09. The highest BCUT2D eigenvalue weighted by molar-refractivity contribution is 5.75. The van der Waals surface area contributed by atoms with Gasteiger partial charge in [-0.05, 0) is 20.3 Å². The fourth-order valence-corrected chi connectivity index (χ4v) is 3.15. The summed E-state index contributed by atoms with van der Waals surface area (Å²) < 4.78 is 18.8. The van der Waals surface area contributed by atoms with Crippen LogP contribution >= 0.6 is 0 Å². The number of carbonyl (C=O) groups is 1. The molecular weight excluding hydrogens is 301 g/mol. The number of amides is 2. The molecule has 126 valence electrons. The van der Waals surface area contributed by atoms with E-state index in [4.69, 9.17) is 4.74 Å². The quantitative estimate of drug-likeness (QED) is 0.878. The predicted octanol–water partition coefficient (Wildman–Crippen LogP) is 1.38. The van der Waals surface area contributed by atoms with Gasteiger partial charge in [0.25, 0.3) is 0 Å². The van der Waals surface area contributed by atoms with Crippen LogP contribution in [-0.2, 0) is 4.74 Å². The Hall–Kier alpha value is -1.96. The van der Waals surface area contributed by atoms with Gasteiger partial charge in [-0.1, -0.05) is 0 Å². The largest absolute Gasteiger partial charge is 0.371 e. The van der Waals surface area contributed by atoms with Crippen molar-refractivity contribution < 1.29 is 13.9 Å². The number of hydrogen-bond acceptors (Lipinski definition) is 5. The standard InChI is InChI=1S/C15H22FN5O2/c1-10(2)19-14(22)21-4-3-15(9-21)5-12(8-23-15)20-13-17-6-11(16)7-18-13/h6-7,10,12H,3-5,8-9H2,1-2H3,(H,19,22)(H,17,18,20). The van der Waals surface area contributed by atoms with Gasteiger partial charge in [-0.15, -0.1) is 0 Å². The smallest absolute Gasteiger partial charge is 0.317 e. The fraction of sp³-hybridized carbons (Fsp3) is 0.667. The summed E-state index contributed by atoms with van der Waals surface area (Å²) in [5.74, 6) is -0.0678. The molecule has 2 saturated heterocycles. The maximum atomic E-state index is 12.8. The van der Waals surface area contributed by atoms with Crippen molar-refractivity contribution in [3.63, 3.8) is 0 Å². The van der Waals surface area contributed by atoms with Gasteiger partial charge in [-0.2, -0.15) is 0 Å². The predicted molar refractivity (Wildman–Crippen MR) is 82.6 cm³/mol. The minimum Gasteiger partial charge on any atom is -0.371 e. The van der Waals surface area contributed by atoms with Gasteiger partial charge in [0.05, 0.1) is 37.2 Å². The molecule has 2 unspecified atom stereocenters. The lowest BCUT2D eigenvalue weighted by Gasteiger charge is -2.24. The summed E-state index contributed by atoms with van der Waals surface area (Å²) in [5, 5.41) is 6.07. The van der Waals surface area contributed by atoms with Crippen molar-refractivity contribution in [3.8, 4) is 0 Å². The van der Waals surface area contributed by atoms with Crippen LogP contribution in [0.5, 0.6) is 0 Å². The van der Waals surface area contributed by atoms with Crippen molar-refractivity contribution in [2.45, 2.75) is 44.4 Å². The molecule has 1 aromatic heterocycles. The minimum absolute atomic E-state index is 0.0428. The normalized spacial score (nSPS) is 27.0. The molecule has 7 nitrogen and oxygen atoms in total. The first-order chi connectivity index (χ1) is 11.0. The number of aromatic nitrogens is 2. The Kier molecular flexibility index (Phi) is 4.34. The Morgan fingerprint density at radius 2 is 2.22 bits per heavy atom. The number of nitrogens with zero attached hydrogens (tertiary/aromatic N) is 3. The number of anilines is 1. The number of ether oxygens (including phenoxy) is 1. The van der Waals surface area contributed by atoms with Crippen LogP contribution in [-0.4, -0.2) is 58.3 Å². The summed E-state index contributed by atoms with van der Waals surface area (Å²) in [7, 11) is 0. The van der Waals surface area contributed by atoms with Gasteiger partial charge in [0.15, 0.2) is 5.82 Å². The summed E-state index contributed by atoms with van der Waals surface area (Å²) in [5.41, 5.74) is -0.300. The molecule has 0 aromatic carbocycles. The molecule has 2 fully saturated rings. The lowest BCUT2D eigenvalue weighted by atomic mass is 9.97. The second kappa shape index (κ2) is 6.27. The molecule has 2 amide bonds. The van der Waals surface area contributed by atoms with E-state index in [1.165, 1.54) is 0 Å². The molecule has 1 aromatic rings. The molecule has 0 bridgehead atoms. The lowest BCUT2D eigenvalue weighted by Crippen LogP contribution is -2.44. The van der Waals surface area contributed by atoms with Crippen LogP contribution < -0.4 is 10.6 Å². The Balaban J connectivity index is 1.55. The Labute approximate surface area is 134 Å². The highest BCUT2D eigenvalue weighted by Gasteiger charge is 2.46. The highest BCUT2D eigenvalue weighted by Crippen LogP contribution is 2.35. The zero-order valence-corrected chi connectivity index (χ0v) is 13.4. The van der Waals surface area contributed by atoms with Crippen LogP contribution in [0.3, 0.4) is 0 Å². The zero-order valence-electron chi connectivity index (χ0n) is 13.4. The number of hydrogen-bond donors (Lipinski definition) is 2. The molecule has 2 N–H and O–H groups in total. The van der Waals surface area contributed by atoms with Crippen LogP contribution in [0.2, 0.25) is 0 Å². The van der Waals surface area contributed by atoms with Gasteiger partial charge >= 0.3 is 6.03 Å². The van der Waals surface area contributed by atoms with Crippen LogP contribution in [0.25, 0.3) is 0 Å². The molecule has 3 heterocycles. The lowest BCUT2D eigenvalue weighted by molar-refractivity contribution is 0.0150. The Morgan fingerprint density at radius 3 is 2.91 bits per heavy atom. The zero-order chi connectivity index (χ0) is 16.4. The van der Waals surface area contributed by atoms with Crippen molar-refractivity contribution >= 4 is 12.0 Å². The first kappa shape index (κ1) is 15.9. The van der Waals surface area contributed by atoms with Gasteiger partial charge in [0.2, 0.25) is 5.95 Å². The summed E-state index contributed by atoms with van der Waals surface area (Å²) >= 11 is 0. The van der Waals surface area contributed by atoms with Gasteiger partial charge in [-0.25, -0.2) is 19.2 Å². The SMILES string of the molecule is CC(C)NC(=O)N1CCC2(CC(Nc3ncc(F)cn3)CO2)C1. The van der Waals surface area contributed by atoms with E-state index in [1.54, 1.807) is 4.90 Å². The van der Waals surface area contributed by atoms with Crippen molar-refractivity contribution in [1.82, 2.24) is 20.2 Å². The van der Waals surface area contributed by atoms with E-state index in [-0.39, 0.29) is 23.7 Å². The van der Waals surface area contributed by atoms with E-state index < -0.39 is 5.82 Å². The van der Waals surface area contributed by atoms with Crippen LogP contribution in [0.4, 0.5) is 15.1 Å². The minimum atomic E-state index is -0.461. The number of likely N-dealkylation sites (tertiary alicyclic amines) is 1. The first-order valence-corrected chi connectivity index (χ1v) is 7.89. The molecule has 8 heteroatoms. The molecule has 0 saturated carbocycles. The Morgan fingerprint density at radius 1 is 1.48 bits per heavy atom. The molecule has 2 atom stereocenters. The second-order valence-electron chi connectivity index (χ2n) is 6.54. The van der Waals surface area contributed by atoms with E-state index in [2.05, 4.69) is 20.6 Å². The van der Waals surface area contributed by atoms with E-state index in [9.17, 15) is 9.18 Å². The van der Waals surface area contributed by atoms with Crippen molar-refractivity contribution in [3.05, 3.63) is 18.2 Å². The summed E-state index contributed by atoms with van der Waals surface area (Å²) in [6, 6.07) is 0.140. The topological polar surface area (TPSA) is 79.4 Å². The van der Waals surface area contributed by atoms with E-state index in [0.717, 1.165) is 25.2 Å². The molecule has 23 heavy (non-hydrogen) atoms. The second-order valence-corrected chi connectivity index (χ2v) is 6.54. The third-order valence-electron chi connectivity index (χ3n) is 4.18. The number of halogens is 1. The average molecular weight is 323 g/mol. The van der Waals surface area contributed by atoms with Gasteiger partial charge in [0, 0.05) is 19.0 Å². The maximum Gasteiger partial charge on any atom is 0.317 e. The number of nitrogens with one attached hydrogen (secondary N) is 2. The molecule has 0 radical (unpaired) electrons. The Bertz CT molecular complexity index is 567. The van der Waals surface area contributed by atoms with Gasteiger partial charge in [0.1, 0.15) is 0 Å². The van der Waals surface area contributed by atoms with Crippen LogP contribution in [0.1, 0.15) is 26.7 Å². The third kappa shape index (κ3) is 3.69. The first-order valence-electron chi connectivity index (χ1n) is 7.89. The van der Waals surface area contributed by atoms with Crippen molar-refractivity contribution in [2.75, 3.05) is 25.0 Å². The van der Waals surface area contributed by atoms with Crippen LogP contribution in [0, 0.1) is 5.82 Å². The summed E-state index contributed by atoms with van der Waals surface area (Å²) in [4.78, 5) is 21.7. The number of rotatable bonds is 3. The number of carbonyl (C=O) groups excluding carboxylic acids is 1. The summed E-state index contributed by atoms with van der Waals surface area (Å²) in [6.07, 6.45) is 3.86. The van der Waals surface area contributed by atoms with Crippen molar-refractivity contribution in [1.29, 1.82) is 0 Å². The molecule has 2 aliphatic heterocycles. The molecule has 0 aliphatic carbocycles. The van der Waals surface area contributed by atoms with E-state index >= 15 is 0 Å². The van der Waals surface area contributed by atoms with E-state index in [0.29, 0.717) is 25.6 Å². The van der Waals surface area contributed by atoms with Gasteiger partial charge < -0.3 is 20.3 Å². The fourth-order valence-electron chi connectivity index (χ4n) is 3.15. The number of urea groups is 1. The highest BCUT2D eigenvalue weighted by atomic mass is 19.1. The molecule has 2 aliphatic rings. The third-order valence-corrected chi connectivity index (χ3v) is 4.18. The molecule has 3 rings (SSSR count). The maximum absolute atomic E-state index is 12.8. The van der Waals surface area contributed by atoms with Crippen molar-refractivity contribution in [2.24, 2.45) is 0 Å².